The number of aromatic nitrogens is 1. The first-order chi connectivity index (χ1) is 15.2. The summed E-state index contributed by atoms with van der Waals surface area (Å²) in [5.74, 6) is 0.600. The van der Waals surface area contributed by atoms with Gasteiger partial charge in [0.2, 0.25) is 0 Å². The highest BCUT2D eigenvalue weighted by Crippen LogP contribution is 2.31. The molecule has 5 rings (SSSR count). The Labute approximate surface area is 184 Å². The summed E-state index contributed by atoms with van der Waals surface area (Å²) in [5.41, 5.74) is 6.93. The predicted octanol–water partition coefficient (Wildman–Crippen LogP) is 3.76. The fourth-order valence-electron chi connectivity index (χ4n) is 5.12. The van der Waals surface area contributed by atoms with E-state index in [1.54, 1.807) is 6.20 Å². The van der Waals surface area contributed by atoms with Crippen LogP contribution in [0.15, 0.2) is 48.7 Å². The maximum Gasteiger partial charge on any atom is 0.101 e. The Morgan fingerprint density at radius 3 is 3.03 bits per heavy atom. The van der Waals surface area contributed by atoms with E-state index in [-0.39, 0.29) is 0 Å². The molecule has 5 nitrogen and oxygen atoms in total. The SMILES string of the molecule is C[C@H]1C[C@@H](NCc2ccc3c(c2)CCNC3)CN(c2ccc(C#N)c3ncccc23)C1. The lowest BCUT2D eigenvalue weighted by Crippen LogP contribution is -2.48. The summed E-state index contributed by atoms with van der Waals surface area (Å²) < 4.78 is 0. The number of anilines is 1. The predicted molar refractivity (Wildman–Crippen MR) is 125 cm³/mol. The lowest BCUT2D eigenvalue weighted by atomic mass is 9.94. The molecule has 1 fully saturated rings. The van der Waals surface area contributed by atoms with E-state index in [1.807, 2.05) is 12.1 Å². The van der Waals surface area contributed by atoms with Crippen molar-refractivity contribution >= 4 is 16.6 Å². The van der Waals surface area contributed by atoms with Gasteiger partial charge >= 0.3 is 0 Å². The van der Waals surface area contributed by atoms with Gasteiger partial charge in [-0.25, -0.2) is 0 Å². The molecule has 2 aromatic carbocycles. The van der Waals surface area contributed by atoms with E-state index in [4.69, 9.17) is 0 Å². The number of hydrogen-bond acceptors (Lipinski definition) is 5. The number of nitrogens with one attached hydrogen (secondary N) is 2. The first-order valence-electron chi connectivity index (χ1n) is 11.3. The van der Waals surface area contributed by atoms with Gasteiger partial charge < -0.3 is 15.5 Å². The minimum Gasteiger partial charge on any atom is -0.369 e. The molecule has 1 aromatic heterocycles. The molecular weight excluding hydrogens is 382 g/mol. The van der Waals surface area contributed by atoms with Crippen LogP contribution in [-0.4, -0.2) is 30.7 Å². The number of nitriles is 1. The molecular formula is C26H29N5. The Morgan fingerprint density at radius 1 is 1.19 bits per heavy atom. The average molecular weight is 412 g/mol. The summed E-state index contributed by atoms with van der Waals surface area (Å²) in [7, 11) is 0. The van der Waals surface area contributed by atoms with Crippen molar-refractivity contribution in [2.45, 2.75) is 38.9 Å². The molecule has 1 saturated heterocycles. The maximum absolute atomic E-state index is 9.46. The standard InChI is InChI=1S/C26H29N5/c1-18-11-23(30-14-19-4-5-22-15-28-10-8-20(22)12-19)17-31(16-18)25-7-6-21(13-27)26-24(25)3-2-9-29-26/h2-7,9,12,18,23,28,30H,8,10-11,14-17H2,1H3/t18-,23+/m0/s1. The van der Waals surface area contributed by atoms with Gasteiger partial charge in [0, 0.05) is 49.5 Å². The molecule has 0 bridgehead atoms. The number of benzene rings is 2. The number of piperidine rings is 1. The van der Waals surface area contributed by atoms with Crippen molar-refractivity contribution in [1.82, 2.24) is 15.6 Å². The van der Waals surface area contributed by atoms with E-state index in [0.29, 0.717) is 17.5 Å². The molecule has 2 atom stereocenters. The minimum atomic E-state index is 0.434. The maximum atomic E-state index is 9.46. The minimum absolute atomic E-state index is 0.434. The van der Waals surface area contributed by atoms with Crippen LogP contribution in [0.2, 0.25) is 0 Å². The third kappa shape index (κ3) is 4.14. The van der Waals surface area contributed by atoms with Crippen molar-refractivity contribution in [3.63, 3.8) is 0 Å². The monoisotopic (exact) mass is 411 g/mol. The van der Waals surface area contributed by atoms with Gasteiger partial charge in [-0.3, -0.25) is 4.98 Å². The molecule has 0 unspecified atom stereocenters. The zero-order valence-corrected chi connectivity index (χ0v) is 18.1. The fourth-order valence-corrected chi connectivity index (χ4v) is 5.12. The zero-order valence-electron chi connectivity index (χ0n) is 18.1. The van der Waals surface area contributed by atoms with Gasteiger partial charge in [0.25, 0.3) is 0 Å². The van der Waals surface area contributed by atoms with E-state index in [9.17, 15) is 5.26 Å². The van der Waals surface area contributed by atoms with Gasteiger partial charge in [0.15, 0.2) is 0 Å². The van der Waals surface area contributed by atoms with Crippen LogP contribution in [0.25, 0.3) is 10.9 Å². The highest BCUT2D eigenvalue weighted by atomic mass is 15.2. The molecule has 0 spiro atoms. The van der Waals surface area contributed by atoms with Crippen LogP contribution >= 0.6 is 0 Å². The van der Waals surface area contributed by atoms with Gasteiger partial charge in [-0.2, -0.15) is 5.26 Å². The molecule has 3 aromatic rings. The summed E-state index contributed by atoms with van der Waals surface area (Å²) in [4.78, 5) is 6.96. The van der Waals surface area contributed by atoms with Crippen molar-refractivity contribution in [1.29, 1.82) is 5.26 Å². The summed E-state index contributed by atoms with van der Waals surface area (Å²) in [5, 5.41) is 17.8. The lowest BCUT2D eigenvalue weighted by Gasteiger charge is -2.39. The second-order valence-corrected chi connectivity index (χ2v) is 9.00. The van der Waals surface area contributed by atoms with Crippen LogP contribution in [0.4, 0.5) is 5.69 Å². The van der Waals surface area contributed by atoms with Gasteiger partial charge in [0.1, 0.15) is 6.07 Å². The summed E-state index contributed by atoms with van der Waals surface area (Å²) in [6.07, 6.45) is 4.07. The van der Waals surface area contributed by atoms with Crippen molar-refractivity contribution in [2.24, 2.45) is 5.92 Å². The molecule has 2 aliphatic heterocycles. The van der Waals surface area contributed by atoms with Crippen molar-refractivity contribution in [3.8, 4) is 6.07 Å². The molecule has 2 aliphatic rings. The largest absolute Gasteiger partial charge is 0.369 e. The second kappa shape index (κ2) is 8.66. The van der Waals surface area contributed by atoms with Crippen LogP contribution in [0.5, 0.6) is 0 Å². The lowest BCUT2D eigenvalue weighted by molar-refractivity contribution is 0.350. The van der Waals surface area contributed by atoms with Gasteiger partial charge in [0.05, 0.1) is 11.1 Å². The highest BCUT2D eigenvalue weighted by molar-refractivity contribution is 5.95. The molecule has 0 aliphatic carbocycles. The number of rotatable bonds is 4. The Morgan fingerprint density at radius 2 is 2.13 bits per heavy atom. The summed E-state index contributed by atoms with van der Waals surface area (Å²) >= 11 is 0. The number of nitrogens with zero attached hydrogens (tertiary/aromatic N) is 3. The first-order valence-corrected chi connectivity index (χ1v) is 11.3. The Kier molecular flexibility index (Phi) is 5.59. The van der Waals surface area contributed by atoms with Crippen LogP contribution in [-0.2, 0) is 19.5 Å². The van der Waals surface area contributed by atoms with Crippen LogP contribution in [0.3, 0.4) is 0 Å². The van der Waals surface area contributed by atoms with E-state index in [1.165, 1.54) is 28.8 Å². The molecule has 158 valence electrons. The summed E-state index contributed by atoms with van der Waals surface area (Å²) in [6, 6.07) is 17.7. The quantitative estimate of drug-likeness (QED) is 0.684. The number of fused-ring (bicyclic) bond motifs is 2. The molecule has 5 heteroatoms. The third-order valence-corrected chi connectivity index (χ3v) is 6.62. The van der Waals surface area contributed by atoms with E-state index < -0.39 is 0 Å². The highest BCUT2D eigenvalue weighted by Gasteiger charge is 2.26. The third-order valence-electron chi connectivity index (χ3n) is 6.62. The smallest absolute Gasteiger partial charge is 0.101 e. The van der Waals surface area contributed by atoms with E-state index >= 15 is 0 Å². The van der Waals surface area contributed by atoms with Crippen molar-refractivity contribution < 1.29 is 0 Å². The molecule has 3 heterocycles. The van der Waals surface area contributed by atoms with Gasteiger partial charge in [-0.05, 0) is 66.3 Å². The van der Waals surface area contributed by atoms with Crippen LogP contribution in [0, 0.1) is 17.2 Å². The fraction of sp³-hybridized carbons (Fsp3) is 0.385. The second-order valence-electron chi connectivity index (χ2n) is 9.00. The first kappa shape index (κ1) is 20.0. The Balaban J connectivity index is 1.33. The molecule has 0 radical (unpaired) electrons. The topological polar surface area (TPSA) is 64.0 Å². The van der Waals surface area contributed by atoms with Gasteiger partial charge in [-0.15, -0.1) is 0 Å². The molecule has 0 amide bonds. The van der Waals surface area contributed by atoms with Crippen LogP contribution < -0.4 is 15.5 Å². The summed E-state index contributed by atoms with van der Waals surface area (Å²) in [6.45, 7) is 7.30. The molecule has 2 N–H and O–H groups in total. The van der Waals surface area contributed by atoms with E-state index in [2.05, 4.69) is 63.8 Å². The molecule has 31 heavy (non-hydrogen) atoms. The molecule has 0 saturated carbocycles. The number of hydrogen-bond donors (Lipinski definition) is 2. The van der Waals surface area contributed by atoms with Gasteiger partial charge in [-0.1, -0.05) is 25.1 Å². The number of pyridine rings is 1. The Bertz CT molecular complexity index is 1130. The van der Waals surface area contributed by atoms with E-state index in [0.717, 1.165) is 50.0 Å². The normalized spacial score (nSPS) is 21.0. The van der Waals surface area contributed by atoms with Crippen molar-refractivity contribution in [3.05, 3.63) is 70.9 Å². The zero-order chi connectivity index (χ0) is 21.2. The Hall–Kier alpha value is -2.94. The van der Waals surface area contributed by atoms with Crippen LogP contribution in [0.1, 0.15) is 35.6 Å². The van der Waals surface area contributed by atoms with Crippen molar-refractivity contribution in [2.75, 3.05) is 24.5 Å². The average Bonchev–Trinajstić information content (AvgIpc) is 2.81.